The summed E-state index contributed by atoms with van der Waals surface area (Å²) >= 11 is 0. The van der Waals surface area contributed by atoms with E-state index in [1.807, 2.05) is 27.7 Å². The molecule has 0 aliphatic carbocycles. The molecule has 2 amide bonds. The van der Waals surface area contributed by atoms with E-state index in [4.69, 9.17) is 4.74 Å². The topological polar surface area (TPSA) is 70.7 Å². The summed E-state index contributed by atoms with van der Waals surface area (Å²) in [5.41, 5.74) is 4.22. The number of ether oxygens (including phenoxy) is 1. The van der Waals surface area contributed by atoms with Gasteiger partial charge in [0.15, 0.2) is 0 Å². The van der Waals surface area contributed by atoms with E-state index < -0.39 is 0 Å². The molecule has 0 aromatic heterocycles. The normalized spacial score (nSPS) is 15.3. The lowest BCUT2D eigenvalue weighted by Crippen LogP contribution is -2.37. The van der Waals surface area contributed by atoms with E-state index in [1.54, 1.807) is 4.90 Å². The third-order valence-corrected chi connectivity index (χ3v) is 4.23. The molecule has 1 aliphatic rings. The molecule has 1 saturated heterocycles. The van der Waals surface area contributed by atoms with Crippen molar-refractivity contribution in [2.24, 2.45) is 0 Å². The van der Waals surface area contributed by atoms with Crippen LogP contribution >= 0.6 is 0 Å². The summed E-state index contributed by atoms with van der Waals surface area (Å²) in [6, 6.07) is 4.27. The molecule has 6 nitrogen and oxygen atoms in total. The zero-order chi connectivity index (χ0) is 17.7. The van der Waals surface area contributed by atoms with Crippen LogP contribution in [0.1, 0.15) is 30.0 Å². The number of hydrogen-bond acceptors (Lipinski definition) is 4. The van der Waals surface area contributed by atoms with E-state index >= 15 is 0 Å². The Hall–Kier alpha value is -2.08. The van der Waals surface area contributed by atoms with Gasteiger partial charge in [0.2, 0.25) is 5.91 Å². The molecule has 1 heterocycles. The van der Waals surface area contributed by atoms with Crippen LogP contribution in [0.25, 0.3) is 0 Å². The van der Waals surface area contributed by atoms with Gasteiger partial charge in [0.1, 0.15) is 6.61 Å². The highest BCUT2D eigenvalue weighted by atomic mass is 16.6. The monoisotopic (exact) mass is 333 g/mol. The second-order valence-electron chi connectivity index (χ2n) is 6.49. The van der Waals surface area contributed by atoms with Crippen molar-refractivity contribution < 1.29 is 14.3 Å². The van der Waals surface area contributed by atoms with Crippen LogP contribution in [0, 0.1) is 20.8 Å². The molecule has 0 saturated carbocycles. The Bertz CT molecular complexity index is 593. The minimum Gasteiger partial charge on any atom is -0.448 e. The van der Waals surface area contributed by atoms with E-state index in [9.17, 15) is 9.59 Å². The second kappa shape index (κ2) is 8.15. The number of anilines is 1. The maximum Gasteiger partial charge on any atom is 0.409 e. The zero-order valence-corrected chi connectivity index (χ0v) is 14.9. The average Bonchev–Trinajstić information content (AvgIpc) is 2.92. The van der Waals surface area contributed by atoms with Gasteiger partial charge in [-0.15, -0.1) is 0 Å². The molecule has 1 fully saturated rings. The zero-order valence-electron chi connectivity index (χ0n) is 14.9. The molecule has 0 bridgehead atoms. The number of aryl methyl sites for hydroxylation is 3. The third-order valence-electron chi connectivity index (χ3n) is 4.23. The van der Waals surface area contributed by atoms with E-state index in [0.717, 1.165) is 23.2 Å². The molecule has 6 heteroatoms. The summed E-state index contributed by atoms with van der Waals surface area (Å²) in [5.74, 6) is -0.0579. The van der Waals surface area contributed by atoms with Crippen molar-refractivity contribution >= 4 is 17.7 Å². The molecular weight excluding hydrogens is 306 g/mol. The number of carbonyl (C=O) groups is 2. The van der Waals surface area contributed by atoms with Crippen LogP contribution < -0.4 is 10.6 Å². The summed E-state index contributed by atoms with van der Waals surface area (Å²) in [4.78, 5) is 25.2. The summed E-state index contributed by atoms with van der Waals surface area (Å²) in [6.45, 7) is 10.1. The second-order valence-corrected chi connectivity index (χ2v) is 6.49. The van der Waals surface area contributed by atoms with E-state index in [0.29, 0.717) is 19.7 Å². The summed E-state index contributed by atoms with van der Waals surface area (Å²) in [7, 11) is 0. The van der Waals surface area contributed by atoms with Gasteiger partial charge in [-0.25, -0.2) is 4.79 Å². The highest BCUT2D eigenvalue weighted by Gasteiger charge is 2.21. The van der Waals surface area contributed by atoms with Crippen LogP contribution in [0.3, 0.4) is 0 Å². The first kappa shape index (κ1) is 18.3. The highest BCUT2D eigenvalue weighted by molar-refractivity contribution is 5.93. The molecule has 1 unspecified atom stereocenters. The molecule has 0 spiro atoms. The fourth-order valence-electron chi connectivity index (χ4n) is 2.91. The Morgan fingerprint density at radius 2 is 1.96 bits per heavy atom. The molecule has 132 valence electrons. The molecule has 2 rings (SSSR count). The lowest BCUT2D eigenvalue weighted by atomic mass is 10.1. The summed E-state index contributed by atoms with van der Waals surface area (Å²) in [5, 5.41) is 6.18. The van der Waals surface area contributed by atoms with E-state index in [1.165, 1.54) is 5.56 Å². The lowest BCUT2D eigenvalue weighted by molar-refractivity contribution is -0.115. The maximum absolute atomic E-state index is 12.2. The third kappa shape index (κ3) is 4.96. The van der Waals surface area contributed by atoms with Gasteiger partial charge < -0.3 is 20.3 Å². The van der Waals surface area contributed by atoms with E-state index in [-0.39, 0.29) is 24.6 Å². The minimum atomic E-state index is -0.245. The predicted octanol–water partition coefficient (Wildman–Crippen LogP) is 2.37. The van der Waals surface area contributed by atoms with Gasteiger partial charge >= 0.3 is 6.09 Å². The number of hydrogen-bond donors (Lipinski definition) is 2. The SMILES string of the molecule is Cc1cc(C)c(NC(=O)CNC(C)CCN2CCOC2=O)c(C)c1. The number of rotatable bonds is 7. The number of carbonyl (C=O) groups excluding carboxylic acids is 2. The van der Waals surface area contributed by atoms with Crippen LogP contribution in [0.2, 0.25) is 0 Å². The van der Waals surface area contributed by atoms with E-state index in [2.05, 4.69) is 22.8 Å². The standard InChI is InChI=1S/C18H27N3O3/c1-12-9-13(2)17(14(3)10-12)20-16(22)11-19-15(4)5-6-21-7-8-24-18(21)23/h9-10,15,19H,5-8,11H2,1-4H3,(H,20,22). The van der Waals surface area contributed by atoms with Gasteiger partial charge in [-0.1, -0.05) is 17.7 Å². The summed E-state index contributed by atoms with van der Waals surface area (Å²) < 4.78 is 4.90. The van der Waals surface area contributed by atoms with Crippen LogP contribution in [0.4, 0.5) is 10.5 Å². The van der Waals surface area contributed by atoms with Crippen molar-refractivity contribution in [1.82, 2.24) is 10.2 Å². The smallest absolute Gasteiger partial charge is 0.409 e. The highest BCUT2D eigenvalue weighted by Crippen LogP contribution is 2.21. The first-order chi connectivity index (χ1) is 11.4. The fraction of sp³-hybridized carbons (Fsp3) is 0.556. The molecule has 24 heavy (non-hydrogen) atoms. The van der Waals surface area contributed by atoms with Crippen molar-refractivity contribution in [1.29, 1.82) is 0 Å². The van der Waals surface area contributed by atoms with Gasteiger partial charge in [0.25, 0.3) is 0 Å². The Labute approximate surface area is 143 Å². The first-order valence-corrected chi connectivity index (χ1v) is 8.39. The number of benzene rings is 1. The van der Waals surface area contributed by atoms with Gasteiger partial charge in [-0.05, 0) is 45.2 Å². The van der Waals surface area contributed by atoms with Crippen LogP contribution in [-0.2, 0) is 9.53 Å². The molecular formula is C18H27N3O3. The quantitative estimate of drug-likeness (QED) is 0.804. The van der Waals surface area contributed by atoms with Crippen molar-refractivity contribution in [3.63, 3.8) is 0 Å². The average molecular weight is 333 g/mol. The van der Waals surface area contributed by atoms with Crippen molar-refractivity contribution in [3.05, 3.63) is 28.8 Å². The summed E-state index contributed by atoms with van der Waals surface area (Å²) in [6.07, 6.45) is 0.538. The van der Waals surface area contributed by atoms with Crippen LogP contribution in [0.5, 0.6) is 0 Å². The molecule has 1 atom stereocenters. The number of nitrogens with one attached hydrogen (secondary N) is 2. The molecule has 0 radical (unpaired) electrons. The van der Waals surface area contributed by atoms with Crippen LogP contribution in [-0.4, -0.2) is 49.2 Å². The molecule has 1 aromatic rings. The largest absolute Gasteiger partial charge is 0.448 e. The molecule has 1 aliphatic heterocycles. The lowest BCUT2D eigenvalue weighted by Gasteiger charge is -2.18. The molecule has 2 N–H and O–H groups in total. The first-order valence-electron chi connectivity index (χ1n) is 8.39. The number of cyclic esters (lactones) is 1. The minimum absolute atomic E-state index is 0.0579. The van der Waals surface area contributed by atoms with Crippen LogP contribution in [0.15, 0.2) is 12.1 Å². The Morgan fingerprint density at radius 3 is 2.54 bits per heavy atom. The maximum atomic E-state index is 12.2. The Balaban J connectivity index is 1.75. The fourth-order valence-corrected chi connectivity index (χ4v) is 2.91. The van der Waals surface area contributed by atoms with Gasteiger partial charge in [0, 0.05) is 18.3 Å². The van der Waals surface area contributed by atoms with Crippen molar-refractivity contribution in [2.45, 2.75) is 40.2 Å². The number of nitrogens with zero attached hydrogens (tertiary/aromatic N) is 1. The van der Waals surface area contributed by atoms with Crippen molar-refractivity contribution in [2.75, 3.05) is 31.6 Å². The Morgan fingerprint density at radius 1 is 1.29 bits per heavy atom. The van der Waals surface area contributed by atoms with Gasteiger partial charge in [-0.3, -0.25) is 4.79 Å². The molecule has 1 aromatic carbocycles. The number of amides is 2. The van der Waals surface area contributed by atoms with Crippen molar-refractivity contribution in [3.8, 4) is 0 Å². The van der Waals surface area contributed by atoms with Gasteiger partial charge in [0.05, 0.1) is 13.1 Å². The Kier molecular flexibility index (Phi) is 6.20. The predicted molar refractivity (Wildman–Crippen MR) is 94.3 cm³/mol. The van der Waals surface area contributed by atoms with Gasteiger partial charge in [-0.2, -0.15) is 0 Å².